The van der Waals surface area contributed by atoms with E-state index < -0.39 is 0 Å². The Labute approximate surface area is 104 Å². The Morgan fingerprint density at radius 2 is 2.35 bits per heavy atom. The van der Waals surface area contributed by atoms with Crippen LogP contribution in [0.2, 0.25) is 0 Å². The van der Waals surface area contributed by atoms with E-state index in [4.69, 9.17) is 5.73 Å². The van der Waals surface area contributed by atoms with Crippen LogP contribution in [0.5, 0.6) is 0 Å². The highest BCUT2D eigenvalue weighted by Gasteiger charge is 2.34. The standard InChI is InChI=1S/C14H25N3/c1-11-5-4-6-14(8-11,10-15)9-13-7-12(2)16-17(13)3/h7,11H,4-6,8-10,15H2,1-3H3. The SMILES string of the molecule is Cc1cc(CC2(CN)CCCC(C)C2)n(C)n1. The van der Waals surface area contributed by atoms with Gasteiger partial charge in [-0.05, 0) is 50.1 Å². The quantitative estimate of drug-likeness (QED) is 0.874. The summed E-state index contributed by atoms with van der Waals surface area (Å²) in [4.78, 5) is 0. The lowest BCUT2D eigenvalue weighted by molar-refractivity contribution is 0.151. The Balaban J connectivity index is 2.16. The average molecular weight is 235 g/mol. The Hall–Kier alpha value is -0.830. The molecule has 3 heteroatoms. The summed E-state index contributed by atoms with van der Waals surface area (Å²) in [6, 6.07) is 2.21. The predicted molar refractivity (Wildman–Crippen MR) is 70.8 cm³/mol. The van der Waals surface area contributed by atoms with Gasteiger partial charge in [0.2, 0.25) is 0 Å². The van der Waals surface area contributed by atoms with Crippen LogP contribution in [0.25, 0.3) is 0 Å². The molecule has 0 saturated heterocycles. The van der Waals surface area contributed by atoms with Gasteiger partial charge in [0.15, 0.2) is 0 Å². The molecule has 1 aromatic rings. The van der Waals surface area contributed by atoms with Crippen molar-refractivity contribution in [1.29, 1.82) is 0 Å². The third-order valence-electron chi connectivity index (χ3n) is 4.27. The first-order chi connectivity index (χ1) is 8.04. The van der Waals surface area contributed by atoms with Gasteiger partial charge in [0, 0.05) is 12.7 Å². The van der Waals surface area contributed by atoms with Crippen molar-refractivity contribution in [2.24, 2.45) is 24.1 Å². The third-order valence-corrected chi connectivity index (χ3v) is 4.27. The van der Waals surface area contributed by atoms with Gasteiger partial charge in [-0.25, -0.2) is 0 Å². The first-order valence-corrected chi connectivity index (χ1v) is 6.74. The summed E-state index contributed by atoms with van der Waals surface area (Å²) in [5.74, 6) is 0.821. The fourth-order valence-electron chi connectivity index (χ4n) is 3.40. The monoisotopic (exact) mass is 235 g/mol. The lowest BCUT2D eigenvalue weighted by Gasteiger charge is -2.39. The van der Waals surface area contributed by atoms with Crippen LogP contribution in [0.1, 0.15) is 44.0 Å². The fourth-order valence-corrected chi connectivity index (χ4v) is 3.40. The smallest absolute Gasteiger partial charge is 0.0596 e. The van der Waals surface area contributed by atoms with Crippen molar-refractivity contribution in [2.75, 3.05) is 6.54 Å². The third kappa shape index (κ3) is 2.71. The van der Waals surface area contributed by atoms with Gasteiger partial charge in [-0.15, -0.1) is 0 Å². The van der Waals surface area contributed by atoms with Crippen LogP contribution >= 0.6 is 0 Å². The van der Waals surface area contributed by atoms with E-state index in [1.807, 2.05) is 11.7 Å². The summed E-state index contributed by atoms with van der Waals surface area (Å²) in [6.45, 7) is 5.22. The fraction of sp³-hybridized carbons (Fsp3) is 0.786. The first kappa shape index (κ1) is 12.6. The van der Waals surface area contributed by atoms with E-state index in [1.54, 1.807) is 0 Å². The molecular formula is C14H25N3. The van der Waals surface area contributed by atoms with E-state index >= 15 is 0 Å². The molecular weight excluding hydrogens is 210 g/mol. The number of nitrogens with zero attached hydrogens (tertiary/aromatic N) is 2. The van der Waals surface area contributed by atoms with Crippen LogP contribution in [0.15, 0.2) is 6.07 Å². The number of hydrogen-bond donors (Lipinski definition) is 1. The highest BCUT2D eigenvalue weighted by molar-refractivity contribution is 5.11. The molecule has 0 spiro atoms. The maximum Gasteiger partial charge on any atom is 0.0596 e. The number of rotatable bonds is 3. The Bertz CT molecular complexity index is 383. The highest BCUT2D eigenvalue weighted by Crippen LogP contribution is 2.41. The van der Waals surface area contributed by atoms with Crippen molar-refractivity contribution in [2.45, 2.75) is 46.0 Å². The molecule has 1 aliphatic carbocycles. The topological polar surface area (TPSA) is 43.8 Å². The summed E-state index contributed by atoms with van der Waals surface area (Å²) in [6.07, 6.45) is 6.33. The average Bonchev–Trinajstić information content (AvgIpc) is 2.57. The lowest BCUT2D eigenvalue weighted by atomic mass is 9.67. The normalized spacial score (nSPS) is 29.5. The summed E-state index contributed by atoms with van der Waals surface area (Å²) in [7, 11) is 2.04. The summed E-state index contributed by atoms with van der Waals surface area (Å²) in [5.41, 5.74) is 8.84. The molecule has 2 unspecified atom stereocenters. The number of aromatic nitrogens is 2. The summed E-state index contributed by atoms with van der Waals surface area (Å²) in [5, 5.41) is 4.44. The number of aryl methyl sites for hydroxylation is 2. The zero-order valence-corrected chi connectivity index (χ0v) is 11.4. The Morgan fingerprint density at radius 3 is 2.88 bits per heavy atom. The molecule has 0 bridgehead atoms. The summed E-state index contributed by atoms with van der Waals surface area (Å²) < 4.78 is 2.02. The van der Waals surface area contributed by atoms with Crippen LogP contribution in [0.3, 0.4) is 0 Å². The van der Waals surface area contributed by atoms with Gasteiger partial charge in [0.05, 0.1) is 5.69 Å². The minimum atomic E-state index is 0.317. The molecule has 3 nitrogen and oxygen atoms in total. The lowest BCUT2D eigenvalue weighted by Crippen LogP contribution is -2.37. The summed E-state index contributed by atoms with van der Waals surface area (Å²) >= 11 is 0. The van der Waals surface area contributed by atoms with Gasteiger partial charge >= 0.3 is 0 Å². The molecule has 1 heterocycles. The number of nitrogens with two attached hydrogens (primary N) is 1. The second-order valence-electron chi connectivity index (χ2n) is 5.98. The van der Waals surface area contributed by atoms with Crippen LogP contribution in [-0.4, -0.2) is 16.3 Å². The molecule has 2 atom stereocenters. The van der Waals surface area contributed by atoms with Gasteiger partial charge in [-0.3, -0.25) is 4.68 Å². The van der Waals surface area contributed by atoms with Crippen LogP contribution in [-0.2, 0) is 13.5 Å². The van der Waals surface area contributed by atoms with Crippen molar-refractivity contribution in [3.63, 3.8) is 0 Å². The van der Waals surface area contributed by atoms with E-state index in [0.717, 1.165) is 24.6 Å². The molecule has 1 fully saturated rings. The van der Waals surface area contributed by atoms with E-state index in [-0.39, 0.29) is 0 Å². The molecule has 1 aliphatic rings. The van der Waals surface area contributed by atoms with Gasteiger partial charge in [0.25, 0.3) is 0 Å². The molecule has 2 rings (SSSR count). The van der Waals surface area contributed by atoms with Gasteiger partial charge in [-0.2, -0.15) is 5.10 Å². The second kappa shape index (κ2) is 4.81. The number of hydrogen-bond acceptors (Lipinski definition) is 2. The molecule has 0 radical (unpaired) electrons. The molecule has 0 amide bonds. The zero-order chi connectivity index (χ0) is 12.5. The van der Waals surface area contributed by atoms with Crippen LogP contribution < -0.4 is 5.73 Å². The molecule has 1 saturated carbocycles. The maximum absolute atomic E-state index is 6.08. The van der Waals surface area contributed by atoms with Crippen molar-refractivity contribution < 1.29 is 0 Å². The Kier molecular flexibility index (Phi) is 3.57. The van der Waals surface area contributed by atoms with Gasteiger partial charge in [-0.1, -0.05) is 19.8 Å². The van der Waals surface area contributed by atoms with E-state index in [9.17, 15) is 0 Å². The minimum Gasteiger partial charge on any atom is -0.330 e. The molecule has 17 heavy (non-hydrogen) atoms. The molecule has 96 valence electrons. The predicted octanol–water partition coefficient (Wildman–Crippen LogP) is 2.43. The largest absolute Gasteiger partial charge is 0.330 e. The second-order valence-corrected chi connectivity index (χ2v) is 5.98. The van der Waals surface area contributed by atoms with E-state index in [1.165, 1.54) is 31.4 Å². The minimum absolute atomic E-state index is 0.317. The maximum atomic E-state index is 6.08. The molecule has 0 aromatic carbocycles. The van der Waals surface area contributed by atoms with E-state index in [0.29, 0.717) is 5.41 Å². The van der Waals surface area contributed by atoms with Crippen LogP contribution in [0.4, 0.5) is 0 Å². The van der Waals surface area contributed by atoms with Gasteiger partial charge in [0.1, 0.15) is 0 Å². The van der Waals surface area contributed by atoms with Crippen molar-refractivity contribution in [3.8, 4) is 0 Å². The molecule has 0 aliphatic heterocycles. The van der Waals surface area contributed by atoms with Crippen LogP contribution in [0, 0.1) is 18.3 Å². The van der Waals surface area contributed by atoms with Crippen molar-refractivity contribution >= 4 is 0 Å². The molecule has 1 aromatic heterocycles. The zero-order valence-electron chi connectivity index (χ0n) is 11.4. The first-order valence-electron chi connectivity index (χ1n) is 6.74. The highest BCUT2D eigenvalue weighted by atomic mass is 15.3. The Morgan fingerprint density at radius 1 is 1.59 bits per heavy atom. The van der Waals surface area contributed by atoms with Crippen molar-refractivity contribution in [1.82, 2.24) is 9.78 Å². The van der Waals surface area contributed by atoms with E-state index in [2.05, 4.69) is 25.0 Å². The van der Waals surface area contributed by atoms with Crippen molar-refractivity contribution in [3.05, 3.63) is 17.5 Å². The van der Waals surface area contributed by atoms with Gasteiger partial charge < -0.3 is 5.73 Å². The molecule has 2 N–H and O–H groups in total.